The zero-order valence-electron chi connectivity index (χ0n) is 16.4. The molecule has 0 bridgehead atoms. The van der Waals surface area contributed by atoms with Crippen molar-refractivity contribution in [2.24, 2.45) is 0 Å². The minimum atomic E-state index is -0.876. The second-order valence-corrected chi connectivity index (χ2v) is 7.51. The number of anilines is 3. The number of rotatable bonds is 8. The standard InChI is InChI=1S/C20H19F2N7OS/c1-2-9-31-29(30)28-15-8-7-13(21)18(16(15)22)27-14-6-4-3-5-12(14)17-19-20(25-10-23-17)26-11-24-19/h3-8,10-11,27-28,30H,2,9H2,1H3,(H,23,24,25,26). The zero-order chi connectivity index (χ0) is 21.8. The summed E-state index contributed by atoms with van der Waals surface area (Å²) in [6, 6.07) is 9.32. The van der Waals surface area contributed by atoms with Gasteiger partial charge in [-0.15, -0.1) is 0 Å². The van der Waals surface area contributed by atoms with E-state index < -0.39 is 11.6 Å². The first-order valence-corrected chi connectivity index (χ1v) is 10.4. The van der Waals surface area contributed by atoms with Gasteiger partial charge < -0.3 is 10.3 Å². The molecular formula is C20H19F2N7OS. The van der Waals surface area contributed by atoms with Gasteiger partial charge in [0.25, 0.3) is 0 Å². The molecule has 0 aliphatic carbocycles. The van der Waals surface area contributed by atoms with Crippen LogP contribution in [-0.2, 0) is 0 Å². The van der Waals surface area contributed by atoms with Crippen LogP contribution in [0.1, 0.15) is 13.3 Å². The third kappa shape index (κ3) is 4.43. The molecule has 11 heteroatoms. The van der Waals surface area contributed by atoms with Gasteiger partial charge in [0.1, 0.15) is 29.0 Å². The van der Waals surface area contributed by atoms with Gasteiger partial charge in [-0.3, -0.25) is 10.6 Å². The molecule has 0 saturated heterocycles. The molecule has 8 nitrogen and oxygen atoms in total. The first-order valence-electron chi connectivity index (χ1n) is 9.45. The van der Waals surface area contributed by atoms with Crippen molar-refractivity contribution in [1.29, 1.82) is 0 Å². The van der Waals surface area contributed by atoms with Crippen molar-refractivity contribution in [3.05, 3.63) is 60.7 Å². The van der Waals surface area contributed by atoms with E-state index in [9.17, 15) is 9.60 Å². The van der Waals surface area contributed by atoms with Crippen LogP contribution in [0.15, 0.2) is 49.1 Å². The largest absolute Gasteiger partial charge is 0.350 e. The molecule has 0 unspecified atom stereocenters. The fourth-order valence-corrected chi connectivity index (χ4v) is 3.48. The summed E-state index contributed by atoms with van der Waals surface area (Å²) in [4.78, 5) is 15.6. The predicted octanol–water partition coefficient (Wildman–Crippen LogP) is 5.12. The van der Waals surface area contributed by atoms with Gasteiger partial charge in [-0.25, -0.2) is 23.7 Å². The summed E-state index contributed by atoms with van der Waals surface area (Å²) in [6.45, 7) is 1.95. The summed E-state index contributed by atoms with van der Waals surface area (Å²) in [5, 5.41) is 12.7. The molecule has 0 radical (unpaired) electrons. The number of benzene rings is 2. The van der Waals surface area contributed by atoms with Crippen molar-refractivity contribution >= 4 is 40.2 Å². The molecule has 0 saturated carbocycles. The normalized spacial score (nSPS) is 11.3. The van der Waals surface area contributed by atoms with Crippen LogP contribution in [0.4, 0.5) is 25.8 Å². The van der Waals surface area contributed by atoms with Crippen LogP contribution in [0.25, 0.3) is 22.4 Å². The summed E-state index contributed by atoms with van der Waals surface area (Å²) >= 11 is 1.07. The molecule has 0 fully saturated rings. The fourth-order valence-electron chi connectivity index (χ4n) is 2.96. The quantitative estimate of drug-likeness (QED) is 0.220. The number of hydrazine groups is 1. The fraction of sp³-hybridized carbons (Fsp3) is 0.150. The molecule has 0 aliphatic heterocycles. The highest BCUT2D eigenvalue weighted by Gasteiger charge is 2.18. The third-order valence-electron chi connectivity index (χ3n) is 4.38. The number of H-pyrrole nitrogens is 1. The van der Waals surface area contributed by atoms with Crippen molar-refractivity contribution in [2.45, 2.75) is 13.3 Å². The van der Waals surface area contributed by atoms with Gasteiger partial charge >= 0.3 is 0 Å². The Morgan fingerprint density at radius 3 is 2.77 bits per heavy atom. The van der Waals surface area contributed by atoms with Gasteiger partial charge in [-0.1, -0.05) is 25.1 Å². The number of nitrogens with zero attached hydrogens (tertiary/aromatic N) is 4. The molecule has 4 aromatic rings. The Morgan fingerprint density at radius 2 is 1.94 bits per heavy atom. The lowest BCUT2D eigenvalue weighted by molar-refractivity contribution is 0.0434. The number of halogens is 2. The average Bonchev–Trinajstić information content (AvgIpc) is 3.26. The van der Waals surface area contributed by atoms with E-state index in [4.69, 9.17) is 0 Å². The highest BCUT2D eigenvalue weighted by atomic mass is 32.2. The first kappa shape index (κ1) is 21.0. The molecular weight excluding hydrogens is 424 g/mol. The molecule has 0 aliphatic rings. The van der Waals surface area contributed by atoms with E-state index >= 15 is 4.39 Å². The van der Waals surface area contributed by atoms with Crippen molar-refractivity contribution < 1.29 is 14.0 Å². The van der Waals surface area contributed by atoms with Gasteiger partial charge in [0, 0.05) is 17.0 Å². The molecule has 160 valence electrons. The number of para-hydroxylation sites is 1. The maximum atomic E-state index is 15.1. The van der Waals surface area contributed by atoms with Gasteiger partial charge in [0.15, 0.2) is 11.5 Å². The number of hydrogen-bond donors (Lipinski definition) is 4. The van der Waals surface area contributed by atoms with Crippen molar-refractivity contribution in [3.63, 3.8) is 0 Å². The van der Waals surface area contributed by atoms with Gasteiger partial charge in [0.2, 0.25) is 0 Å². The average molecular weight is 443 g/mol. The summed E-state index contributed by atoms with van der Waals surface area (Å²) in [5.41, 5.74) is 4.70. The van der Waals surface area contributed by atoms with E-state index in [1.165, 1.54) is 18.7 Å². The van der Waals surface area contributed by atoms with Crippen LogP contribution >= 0.6 is 11.9 Å². The van der Waals surface area contributed by atoms with Crippen molar-refractivity contribution in [1.82, 2.24) is 24.5 Å². The van der Waals surface area contributed by atoms with Crippen LogP contribution in [0.2, 0.25) is 0 Å². The Morgan fingerprint density at radius 1 is 1.10 bits per heavy atom. The second kappa shape index (κ2) is 9.25. The lowest BCUT2D eigenvalue weighted by Gasteiger charge is -2.18. The molecule has 4 rings (SSSR count). The first-order chi connectivity index (χ1) is 15.1. The summed E-state index contributed by atoms with van der Waals surface area (Å²) in [7, 11) is 0. The number of fused-ring (bicyclic) bond motifs is 1. The Labute approximate surface area is 180 Å². The zero-order valence-corrected chi connectivity index (χ0v) is 17.2. The number of hydrogen-bond acceptors (Lipinski definition) is 8. The minimum Gasteiger partial charge on any atom is -0.350 e. The van der Waals surface area contributed by atoms with Crippen molar-refractivity contribution in [2.75, 3.05) is 16.5 Å². The molecule has 0 amide bonds. The van der Waals surface area contributed by atoms with Gasteiger partial charge in [0.05, 0.1) is 12.0 Å². The molecule has 0 spiro atoms. The Kier molecular flexibility index (Phi) is 6.26. The van der Waals surface area contributed by atoms with Crippen LogP contribution in [-0.4, -0.2) is 35.5 Å². The van der Waals surface area contributed by atoms with Crippen molar-refractivity contribution in [3.8, 4) is 11.3 Å². The third-order valence-corrected chi connectivity index (χ3v) is 5.31. The minimum absolute atomic E-state index is 0.0794. The predicted molar refractivity (Wildman–Crippen MR) is 117 cm³/mol. The van der Waals surface area contributed by atoms with E-state index in [0.717, 1.165) is 24.4 Å². The van der Waals surface area contributed by atoms with Crippen LogP contribution in [0.5, 0.6) is 0 Å². The van der Waals surface area contributed by atoms with E-state index in [-0.39, 0.29) is 11.4 Å². The van der Waals surface area contributed by atoms with Gasteiger partial charge in [-0.05, 0) is 41.1 Å². The van der Waals surface area contributed by atoms with E-state index in [0.29, 0.717) is 38.4 Å². The Bertz CT molecular complexity index is 1200. The lowest BCUT2D eigenvalue weighted by atomic mass is 10.1. The maximum absolute atomic E-state index is 15.1. The molecule has 2 aromatic heterocycles. The Hall–Kier alpha value is -3.28. The van der Waals surface area contributed by atoms with Crippen LogP contribution in [0, 0.1) is 11.6 Å². The highest BCUT2D eigenvalue weighted by Crippen LogP contribution is 2.35. The highest BCUT2D eigenvalue weighted by molar-refractivity contribution is 7.96. The molecule has 2 aromatic carbocycles. The van der Waals surface area contributed by atoms with Crippen LogP contribution in [0.3, 0.4) is 0 Å². The summed E-state index contributed by atoms with van der Waals surface area (Å²) in [5.74, 6) is -1.03. The van der Waals surface area contributed by atoms with E-state index in [1.54, 1.807) is 24.3 Å². The van der Waals surface area contributed by atoms with E-state index in [1.807, 2.05) is 6.92 Å². The molecule has 2 heterocycles. The van der Waals surface area contributed by atoms with Crippen LogP contribution < -0.4 is 10.7 Å². The molecule has 4 N–H and O–H groups in total. The lowest BCUT2D eigenvalue weighted by Crippen LogP contribution is -2.20. The monoisotopic (exact) mass is 443 g/mol. The maximum Gasteiger partial charge on any atom is 0.174 e. The molecule has 0 atom stereocenters. The van der Waals surface area contributed by atoms with E-state index in [2.05, 4.69) is 30.7 Å². The molecule has 31 heavy (non-hydrogen) atoms. The summed E-state index contributed by atoms with van der Waals surface area (Å²) in [6.07, 6.45) is 3.72. The number of imidazole rings is 1. The van der Waals surface area contributed by atoms with Gasteiger partial charge in [-0.2, -0.15) is 0 Å². The topological polar surface area (TPSA) is 102 Å². The smallest absolute Gasteiger partial charge is 0.174 e. The second-order valence-electron chi connectivity index (χ2n) is 6.49. The SMILES string of the molecule is CCCSN(O)Nc1ccc(F)c(Nc2ccccc2-c2ncnc3[nH]cnc23)c1F. The number of aromatic nitrogens is 4. The number of nitrogens with one attached hydrogen (secondary N) is 3. The Balaban J connectivity index is 1.69. The summed E-state index contributed by atoms with van der Waals surface area (Å²) < 4.78 is 30.3. The number of aromatic amines is 1.